The van der Waals surface area contributed by atoms with E-state index in [1.807, 2.05) is 24.3 Å². The first-order valence-corrected chi connectivity index (χ1v) is 9.99. The molecule has 0 fully saturated rings. The quantitative estimate of drug-likeness (QED) is 0.291. The molecule has 31 heavy (non-hydrogen) atoms. The number of ether oxygens (including phenoxy) is 2. The number of nitrogens with one attached hydrogen (secondary N) is 1. The van der Waals surface area contributed by atoms with E-state index in [0.29, 0.717) is 37.9 Å². The third kappa shape index (κ3) is 9.82. The molecular formula is C24H31NO6. The molecular weight excluding hydrogens is 398 g/mol. The first-order chi connectivity index (χ1) is 14.9. The van der Waals surface area contributed by atoms with Crippen molar-refractivity contribution in [2.45, 2.75) is 20.3 Å². The van der Waals surface area contributed by atoms with Crippen LogP contribution in [0.3, 0.4) is 0 Å². The molecule has 0 aliphatic rings. The van der Waals surface area contributed by atoms with Gasteiger partial charge >= 0.3 is 0 Å². The minimum atomic E-state index is -0.271. The van der Waals surface area contributed by atoms with Crippen LogP contribution in [0, 0.1) is 5.92 Å². The Labute approximate surface area is 183 Å². The van der Waals surface area contributed by atoms with Gasteiger partial charge in [-0.15, -0.1) is 0 Å². The number of carbonyl (C=O) groups is 2. The minimum absolute atomic E-state index is 0.250. The summed E-state index contributed by atoms with van der Waals surface area (Å²) in [7, 11) is 0. The van der Waals surface area contributed by atoms with Gasteiger partial charge in [0.1, 0.15) is 11.3 Å². The van der Waals surface area contributed by atoms with Crippen LogP contribution in [0.2, 0.25) is 0 Å². The Balaban J connectivity index is 0.00000151. The Morgan fingerprint density at radius 3 is 2.65 bits per heavy atom. The second kappa shape index (κ2) is 14.6. The van der Waals surface area contributed by atoms with Crippen molar-refractivity contribution in [3.8, 4) is 5.75 Å². The molecule has 1 heterocycles. The molecule has 1 amide bonds. The zero-order valence-corrected chi connectivity index (χ0v) is 18.1. The van der Waals surface area contributed by atoms with Crippen LogP contribution in [0.1, 0.15) is 30.8 Å². The Bertz CT molecular complexity index is 881. The monoisotopic (exact) mass is 429 g/mol. The average molecular weight is 430 g/mol. The Morgan fingerprint density at radius 1 is 1.26 bits per heavy atom. The standard InChI is InChI=1S/C23H29NO4.CH2O2/c1-5-7-18(6-2)16-26-13-11-24-23(25)22-15-19-14-20(8-9-21(19)28-22)27-12-10-17(3)4;2-1-3/h5-9,14-15,17H,1-2,10-13,16H2,3-4H3,(H,24,25);1H,(H,2,3)/b18-7+;. The lowest BCUT2D eigenvalue weighted by Crippen LogP contribution is -2.27. The van der Waals surface area contributed by atoms with Gasteiger partial charge in [0, 0.05) is 11.9 Å². The summed E-state index contributed by atoms with van der Waals surface area (Å²) >= 11 is 0. The maximum Gasteiger partial charge on any atom is 0.290 e. The van der Waals surface area contributed by atoms with Gasteiger partial charge in [0.2, 0.25) is 0 Å². The van der Waals surface area contributed by atoms with E-state index in [4.69, 9.17) is 23.8 Å². The highest BCUT2D eigenvalue weighted by Gasteiger charge is 2.12. The summed E-state index contributed by atoms with van der Waals surface area (Å²) in [6, 6.07) is 7.30. The van der Waals surface area contributed by atoms with Gasteiger partial charge in [-0.05, 0) is 42.2 Å². The average Bonchev–Trinajstić information content (AvgIpc) is 3.16. The molecule has 2 aromatic rings. The molecule has 2 N–H and O–H groups in total. The number of rotatable bonds is 12. The Kier molecular flexibility index (Phi) is 12.1. The molecule has 0 spiro atoms. The number of allylic oxidation sites excluding steroid dienone is 2. The van der Waals surface area contributed by atoms with Crippen molar-refractivity contribution < 1.29 is 28.6 Å². The lowest BCUT2D eigenvalue weighted by molar-refractivity contribution is -0.122. The van der Waals surface area contributed by atoms with Gasteiger partial charge in [-0.1, -0.05) is 45.2 Å². The topological polar surface area (TPSA) is 98.0 Å². The summed E-state index contributed by atoms with van der Waals surface area (Å²) in [5.74, 6) is 1.37. The predicted octanol–water partition coefficient (Wildman–Crippen LogP) is 4.60. The van der Waals surface area contributed by atoms with Crippen molar-refractivity contribution in [2.24, 2.45) is 5.92 Å². The summed E-state index contributed by atoms with van der Waals surface area (Å²) in [6.07, 6.45) is 6.23. The van der Waals surface area contributed by atoms with E-state index in [9.17, 15) is 4.79 Å². The highest BCUT2D eigenvalue weighted by molar-refractivity contribution is 5.96. The highest BCUT2D eigenvalue weighted by atomic mass is 16.5. The van der Waals surface area contributed by atoms with Gasteiger partial charge in [-0.3, -0.25) is 9.59 Å². The zero-order chi connectivity index (χ0) is 23.1. The van der Waals surface area contributed by atoms with E-state index in [-0.39, 0.29) is 18.1 Å². The number of carboxylic acid groups (broad SMARTS) is 1. The second-order valence-corrected chi connectivity index (χ2v) is 6.94. The van der Waals surface area contributed by atoms with Crippen molar-refractivity contribution >= 4 is 23.3 Å². The fourth-order valence-corrected chi connectivity index (χ4v) is 2.48. The molecule has 0 aliphatic heterocycles. The number of hydrogen-bond donors (Lipinski definition) is 2. The predicted molar refractivity (Wildman–Crippen MR) is 121 cm³/mol. The molecule has 1 aromatic carbocycles. The smallest absolute Gasteiger partial charge is 0.290 e. The number of carbonyl (C=O) groups excluding carboxylic acids is 1. The van der Waals surface area contributed by atoms with E-state index < -0.39 is 0 Å². The van der Waals surface area contributed by atoms with Crippen LogP contribution in [0.5, 0.6) is 5.75 Å². The van der Waals surface area contributed by atoms with Crippen molar-refractivity contribution in [2.75, 3.05) is 26.4 Å². The second-order valence-electron chi connectivity index (χ2n) is 6.94. The van der Waals surface area contributed by atoms with Crippen molar-refractivity contribution in [3.05, 3.63) is 67.0 Å². The Morgan fingerprint density at radius 2 is 2.00 bits per heavy atom. The number of amides is 1. The van der Waals surface area contributed by atoms with E-state index in [0.717, 1.165) is 23.1 Å². The van der Waals surface area contributed by atoms with Crippen LogP contribution < -0.4 is 10.1 Å². The summed E-state index contributed by atoms with van der Waals surface area (Å²) < 4.78 is 16.9. The van der Waals surface area contributed by atoms with Crippen molar-refractivity contribution in [3.63, 3.8) is 0 Å². The first-order valence-electron chi connectivity index (χ1n) is 9.99. The normalized spacial score (nSPS) is 10.9. The van der Waals surface area contributed by atoms with Gasteiger partial charge < -0.3 is 24.3 Å². The molecule has 0 aliphatic carbocycles. The third-order valence-corrected chi connectivity index (χ3v) is 4.07. The number of fused-ring (bicyclic) bond motifs is 1. The van der Waals surface area contributed by atoms with Gasteiger partial charge in [0.25, 0.3) is 12.4 Å². The lowest BCUT2D eigenvalue weighted by atomic mass is 10.1. The first kappa shape index (κ1) is 25.7. The molecule has 168 valence electrons. The van der Waals surface area contributed by atoms with Gasteiger partial charge in [0.05, 0.1) is 19.8 Å². The molecule has 0 unspecified atom stereocenters. The van der Waals surface area contributed by atoms with E-state index in [1.165, 1.54) is 0 Å². The van der Waals surface area contributed by atoms with Crippen molar-refractivity contribution in [1.82, 2.24) is 5.32 Å². The Hall–Kier alpha value is -3.32. The SMILES string of the molecule is C=C/C=C(\C=C)COCCNC(=O)c1cc2cc(OCCC(C)C)ccc2o1.O=CO. The van der Waals surface area contributed by atoms with Crippen LogP contribution in [-0.2, 0) is 9.53 Å². The maximum absolute atomic E-state index is 12.3. The molecule has 0 bridgehead atoms. The number of furan rings is 1. The van der Waals surface area contributed by atoms with Crippen molar-refractivity contribution in [1.29, 1.82) is 0 Å². The summed E-state index contributed by atoms with van der Waals surface area (Å²) in [6.45, 7) is 13.3. The van der Waals surface area contributed by atoms with Crippen LogP contribution >= 0.6 is 0 Å². The number of benzene rings is 1. The fourth-order valence-electron chi connectivity index (χ4n) is 2.48. The lowest BCUT2D eigenvalue weighted by Gasteiger charge is -2.07. The third-order valence-electron chi connectivity index (χ3n) is 4.07. The molecule has 2 rings (SSSR count). The molecule has 0 radical (unpaired) electrons. The maximum atomic E-state index is 12.3. The summed E-state index contributed by atoms with van der Waals surface area (Å²) in [5, 5.41) is 10.5. The van der Waals surface area contributed by atoms with Gasteiger partial charge in [0.15, 0.2) is 5.76 Å². The van der Waals surface area contributed by atoms with Gasteiger partial charge in [-0.25, -0.2) is 0 Å². The zero-order valence-electron chi connectivity index (χ0n) is 18.1. The van der Waals surface area contributed by atoms with Crippen LogP contribution in [-0.4, -0.2) is 43.9 Å². The summed E-state index contributed by atoms with van der Waals surface area (Å²) in [4.78, 5) is 20.6. The van der Waals surface area contributed by atoms with E-state index in [1.54, 1.807) is 18.2 Å². The van der Waals surface area contributed by atoms with Crippen LogP contribution in [0.15, 0.2) is 65.6 Å². The molecule has 1 aromatic heterocycles. The minimum Gasteiger partial charge on any atom is -0.494 e. The molecule has 7 nitrogen and oxygen atoms in total. The van der Waals surface area contributed by atoms with Crippen LogP contribution in [0.4, 0.5) is 0 Å². The molecule has 0 saturated carbocycles. The largest absolute Gasteiger partial charge is 0.494 e. The van der Waals surface area contributed by atoms with E-state index >= 15 is 0 Å². The molecule has 0 saturated heterocycles. The highest BCUT2D eigenvalue weighted by Crippen LogP contribution is 2.24. The number of hydrogen-bond acceptors (Lipinski definition) is 5. The fraction of sp³-hybridized carbons (Fsp3) is 0.333. The van der Waals surface area contributed by atoms with Crippen LogP contribution in [0.25, 0.3) is 11.0 Å². The summed E-state index contributed by atoms with van der Waals surface area (Å²) in [5.41, 5.74) is 1.59. The van der Waals surface area contributed by atoms with Gasteiger partial charge in [-0.2, -0.15) is 0 Å². The molecule has 7 heteroatoms. The van der Waals surface area contributed by atoms with E-state index in [2.05, 4.69) is 32.3 Å². The molecule has 0 atom stereocenters.